The van der Waals surface area contributed by atoms with Crippen molar-refractivity contribution in [3.63, 3.8) is 0 Å². The van der Waals surface area contributed by atoms with Gasteiger partial charge in [0.1, 0.15) is 19.2 Å². The van der Waals surface area contributed by atoms with Crippen molar-refractivity contribution in [2.75, 3.05) is 0 Å². The number of hydrogen-bond acceptors (Lipinski definition) is 4. The third-order valence-corrected chi connectivity index (χ3v) is 6.72. The maximum absolute atomic E-state index is 13.8. The van der Waals surface area contributed by atoms with E-state index >= 15 is 0 Å². The number of allylic oxidation sites excluding steroid dienone is 4. The van der Waals surface area contributed by atoms with Crippen molar-refractivity contribution in [2.24, 2.45) is 5.92 Å². The van der Waals surface area contributed by atoms with Crippen molar-refractivity contribution in [3.8, 4) is 0 Å². The van der Waals surface area contributed by atoms with Crippen LogP contribution in [0.25, 0.3) is 11.0 Å². The fourth-order valence-electron chi connectivity index (χ4n) is 4.31. The normalized spacial score (nSPS) is 13.1. The average Bonchev–Trinajstić information content (AvgIpc) is 3.05. The highest BCUT2D eigenvalue weighted by Gasteiger charge is 2.28. The number of aryl methyl sites for hydroxylation is 1. The molecule has 4 nitrogen and oxygen atoms in total. The first kappa shape index (κ1) is 44.8. The van der Waals surface area contributed by atoms with Crippen molar-refractivity contribution < 1.29 is 22.8 Å². The van der Waals surface area contributed by atoms with Crippen LogP contribution in [0.3, 0.4) is 0 Å². The molecule has 1 atom stereocenters. The third kappa shape index (κ3) is 14.7. The van der Waals surface area contributed by atoms with E-state index in [-0.39, 0.29) is 16.5 Å². The molecule has 6 heteroatoms. The van der Waals surface area contributed by atoms with E-state index in [4.69, 9.17) is 14.0 Å². The van der Waals surface area contributed by atoms with Crippen LogP contribution in [0.5, 0.6) is 0 Å². The highest BCUT2D eigenvalue weighted by molar-refractivity contribution is 5.81. The Morgan fingerprint density at radius 1 is 0.841 bits per heavy atom. The Labute approximate surface area is 265 Å². The molecule has 1 heterocycles. The van der Waals surface area contributed by atoms with Crippen molar-refractivity contribution in [2.45, 2.75) is 108 Å². The fraction of sp³-hybridized carbons (Fsp3) is 0.447. The van der Waals surface area contributed by atoms with E-state index in [0.29, 0.717) is 6.42 Å². The van der Waals surface area contributed by atoms with Crippen LogP contribution >= 0.6 is 0 Å². The molecule has 3 aromatic rings. The summed E-state index contributed by atoms with van der Waals surface area (Å²) in [5, 5.41) is 0.279. The van der Waals surface area contributed by atoms with Crippen LogP contribution in [0.1, 0.15) is 111 Å². The molecule has 0 saturated carbocycles. The molecule has 0 aliphatic heterocycles. The summed E-state index contributed by atoms with van der Waals surface area (Å²) < 4.78 is 32.6. The maximum Gasteiger partial charge on any atom is 0.336 e. The highest BCUT2D eigenvalue weighted by Crippen LogP contribution is 2.33. The zero-order valence-electron chi connectivity index (χ0n) is 29.2. The van der Waals surface area contributed by atoms with Gasteiger partial charge in [0.2, 0.25) is 0 Å². The van der Waals surface area contributed by atoms with Crippen molar-refractivity contribution in [1.82, 2.24) is 0 Å². The number of carbonyl (C=O) groups is 2. The molecule has 1 aromatic heterocycles. The summed E-state index contributed by atoms with van der Waals surface area (Å²) in [6.45, 7) is 27.9. The fourth-order valence-corrected chi connectivity index (χ4v) is 4.31. The summed E-state index contributed by atoms with van der Waals surface area (Å²) in [6, 6.07) is 14.0. The lowest BCUT2D eigenvalue weighted by atomic mass is 9.85. The maximum atomic E-state index is 13.8. The van der Waals surface area contributed by atoms with Gasteiger partial charge in [-0.25, -0.2) is 13.6 Å². The molecule has 1 aliphatic rings. The molecule has 0 amide bonds. The molecule has 1 aliphatic carbocycles. The summed E-state index contributed by atoms with van der Waals surface area (Å²) in [4.78, 5) is 27.5. The van der Waals surface area contributed by atoms with Crippen LogP contribution in [0.2, 0.25) is 0 Å². The lowest BCUT2D eigenvalue weighted by molar-refractivity contribution is -0.0987. The molecule has 4 rings (SSSR count). The second-order valence-corrected chi connectivity index (χ2v) is 9.39. The first-order valence-electron chi connectivity index (χ1n) is 15.4. The Morgan fingerprint density at radius 3 is 1.82 bits per heavy atom. The van der Waals surface area contributed by atoms with Gasteiger partial charge in [-0.15, -0.1) is 0 Å². The van der Waals surface area contributed by atoms with Crippen LogP contribution in [0, 0.1) is 12.8 Å². The summed E-state index contributed by atoms with van der Waals surface area (Å²) in [7, 11) is 0. The molecular weight excluding hydrogens is 558 g/mol. The average molecular weight is 615 g/mol. The molecule has 0 N–H and O–H groups in total. The zero-order chi connectivity index (χ0) is 35.0. The number of benzene rings is 2. The van der Waals surface area contributed by atoms with Crippen LogP contribution in [-0.2, 0) is 21.9 Å². The van der Waals surface area contributed by atoms with E-state index in [1.165, 1.54) is 24.0 Å². The second-order valence-electron chi connectivity index (χ2n) is 9.39. The second kappa shape index (κ2) is 24.7. The molecule has 0 fully saturated rings. The van der Waals surface area contributed by atoms with Crippen LogP contribution in [0.15, 0.2) is 80.5 Å². The minimum Gasteiger partial charge on any atom is -0.423 e. The predicted molar refractivity (Wildman–Crippen MR) is 185 cm³/mol. The molecule has 2 aromatic carbocycles. The molecule has 246 valence electrons. The molecule has 1 unspecified atom stereocenters. The van der Waals surface area contributed by atoms with Crippen molar-refractivity contribution in [3.05, 3.63) is 104 Å². The van der Waals surface area contributed by atoms with E-state index in [0.717, 1.165) is 30.0 Å². The number of carbonyl (C=O) groups excluding carboxylic acids is 2. The van der Waals surface area contributed by atoms with Gasteiger partial charge in [-0.05, 0) is 80.4 Å². The topological polar surface area (TPSA) is 64.3 Å². The number of alkyl halides is 2. The molecule has 0 radical (unpaired) electrons. The summed E-state index contributed by atoms with van der Waals surface area (Å²) in [5.41, 5.74) is 6.95. The zero-order valence-corrected chi connectivity index (χ0v) is 29.2. The summed E-state index contributed by atoms with van der Waals surface area (Å²) in [5.74, 6) is -2.33. The van der Waals surface area contributed by atoms with Crippen LogP contribution < -0.4 is 5.63 Å². The van der Waals surface area contributed by atoms with E-state index in [9.17, 15) is 13.6 Å². The van der Waals surface area contributed by atoms with Crippen molar-refractivity contribution >= 4 is 24.5 Å². The monoisotopic (exact) mass is 614 g/mol. The van der Waals surface area contributed by atoms with Crippen LogP contribution in [0.4, 0.5) is 8.78 Å². The summed E-state index contributed by atoms with van der Waals surface area (Å²) >= 11 is 0. The highest BCUT2D eigenvalue weighted by atomic mass is 19.3. The standard InChI is InChI=1S/C19H16F2O2.C11H18.3C2H6.2CH2O/c1-12-3-5-13(6-4-12)9-14-7-8-17-15(10-14)16(19(2,20)21)11-18(22)23-17;1-5-11-7-6-8(2)9(3)10(11)4;5*1-2/h3-8,10-11H,9H2,1-2H3;7-8H,5-6H2,1-4H3;3*1-2H3;2*1H2. The Balaban J connectivity index is -0.000000674. The Hall–Kier alpha value is -3.67. The molecular formula is C38H56F2O4. The minimum absolute atomic E-state index is 0.182. The number of hydrogen-bond donors (Lipinski definition) is 0. The first-order valence-corrected chi connectivity index (χ1v) is 15.4. The van der Waals surface area contributed by atoms with Gasteiger partial charge >= 0.3 is 5.63 Å². The third-order valence-electron chi connectivity index (χ3n) is 6.72. The number of fused-ring (bicyclic) bond motifs is 1. The SMILES string of the molecule is C=O.C=O.CC.CC.CC.CCC1=CCC(C)C(C)=C1C.Cc1ccc(Cc2ccc3oc(=O)cc(C(C)(F)F)c3c2)cc1. The van der Waals surface area contributed by atoms with Gasteiger partial charge in [0, 0.05) is 23.9 Å². The number of halogens is 2. The number of rotatable bonds is 4. The Morgan fingerprint density at radius 2 is 1.34 bits per heavy atom. The molecule has 0 bridgehead atoms. The van der Waals surface area contributed by atoms with Gasteiger partial charge in [-0.3, -0.25) is 0 Å². The smallest absolute Gasteiger partial charge is 0.336 e. The molecule has 44 heavy (non-hydrogen) atoms. The Bertz CT molecular complexity index is 1310. The van der Waals surface area contributed by atoms with Gasteiger partial charge < -0.3 is 14.0 Å². The lowest BCUT2D eigenvalue weighted by Crippen LogP contribution is -2.12. The Kier molecular flexibility index (Phi) is 25.2. The lowest BCUT2D eigenvalue weighted by Gasteiger charge is -2.21. The van der Waals surface area contributed by atoms with Gasteiger partial charge in [0.25, 0.3) is 5.92 Å². The van der Waals surface area contributed by atoms with Gasteiger partial charge in [0.15, 0.2) is 0 Å². The molecule has 0 spiro atoms. The quantitative estimate of drug-likeness (QED) is 0.274. The van der Waals surface area contributed by atoms with E-state index in [1.807, 2.05) is 86.3 Å². The summed E-state index contributed by atoms with van der Waals surface area (Å²) in [6.07, 6.45) is 5.46. The van der Waals surface area contributed by atoms with E-state index in [1.54, 1.807) is 29.3 Å². The van der Waals surface area contributed by atoms with Gasteiger partial charge in [-0.2, -0.15) is 0 Å². The van der Waals surface area contributed by atoms with Gasteiger partial charge in [-0.1, -0.05) is 103 Å². The molecule has 0 saturated heterocycles. The van der Waals surface area contributed by atoms with E-state index < -0.39 is 11.5 Å². The van der Waals surface area contributed by atoms with Gasteiger partial charge in [0.05, 0.1) is 0 Å². The largest absolute Gasteiger partial charge is 0.423 e. The van der Waals surface area contributed by atoms with E-state index in [2.05, 4.69) is 33.8 Å². The first-order chi connectivity index (χ1) is 21.0. The van der Waals surface area contributed by atoms with Crippen LogP contribution in [-0.4, -0.2) is 13.6 Å². The minimum atomic E-state index is -3.10. The van der Waals surface area contributed by atoms with Crippen molar-refractivity contribution in [1.29, 1.82) is 0 Å². The predicted octanol–water partition coefficient (Wildman–Crippen LogP) is 11.2.